The number of carbonyl (C=O) groups is 1. The van der Waals surface area contributed by atoms with Crippen molar-refractivity contribution in [3.05, 3.63) is 0 Å². The molecule has 0 spiro atoms. The van der Waals surface area contributed by atoms with Gasteiger partial charge in [-0.25, -0.2) is 0 Å². The van der Waals surface area contributed by atoms with Crippen LogP contribution in [0.25, 0.3) is 0 Å². The normalized spacial score (nSPS) is 14.3. The molecular weight excluding hydrogens is 240 g/mol. The van der Waals surface area contributed by atoms with E-state index in [0.717, 1.165) is 6.42 Å². The number of amides is 1. The van der Waals surface area contributed by atoms with Crippen molar-refractivity contribution in [2.24, 2.45) is 11.7 Å². The van der Waals surface area contributed by atoms with Crippen LogP contribution in [0.2, 0.25) is 0 Å². The monoisotopic (exact) mass is 276 g/mol. The van der Waals surface area contributed by atoms with Crippen molar-refractivity contribution < 1.29 is 9.90 Å². The van der Waals surface area contributed by atoms with Crippen molar-refractivity contribution in [1.29, 1.82) is 0 Å². The first-order valence-corrected chi connectivity index (χ1v) is 7.64. The number of aliphatic hydroxyl groups excluding tert-OH is 1. The number of nitrogens with one attached hydrogen (secondary N) is 1. The number of rotatable bonds is 6. The minimum absolute atomic E-state index is 0.0565. The summed E-state index contributed by atoms with van der Waals surface area (Å²) in [6.45, 7) is 15.9. The van der Waals surface area contributed by atoms with Crippen LogP contribution in [0.3, 0.4) is 0 Å². The van der Waals surface area contributed by atoms with Crippen molar-refractivity contribution in [3.63, 3.8) is 0 Å². The molecule has 4 heteroatoms. The first kappa shape index (κ1) is 23.5. The maximum atomic E-state index is 11.5. The molecule has 3 unspecified atom stereocenters. The van der Waals surface area contributed by atoms with Gasteiger partial charge in [-0.05, 0) is 19.3 Å². The zero-order chi connectivity index (χ0) is 16.0. The molecule has 0 aromatic rings. The second-order valence-electron chi connectivity index (χ2n) is 4.44. The maximum Gasteiger partial charge on any atom is 0.250 e. The Balaban J connectivity index is -0.000000579. The zero-order valence-electron chi connectivity index (χ0n) is 14.2. The van der Waals surface area contributed by atoms with E-state index in [1.807, 2.05) is 55.4 Å². The summed E-state index contributed by atoms with van der Waals surface area (Å²) in [4.78, 5) is 11.5. The first-order valence-electron chi connectivity index (χ1n) is 7.64. The van der Waals surface area contributed by atoms with Crippen molar-refractivity contribution in [3.8, 4) is 0 Å². The van der Waals surface area contributed by atoms with E-state index in [1.54, 1.807) is 0 Å². The first-order chi connectivity index (χ1) is 8.90. The largest absolute Gasteiger partial charge is 0.382 e. The lowest BCUT2D eigenvalue weighted by Gasteiger charge is -2.22. The van der Waals surface area contributed by atoms with Gasteiger partial charge in [-0.3, -0.25) is 4.79 Å². The zero-order valence-corrected chi connectivity index (χ0v) is 14.2. The van der Waals surface area contributed by atoms with Gasteiger partial charge in [0.2, 0.25) is 0 Å². The van der Waals surface area contributed by atoms with E-state index >= 15 is 0 Å². The van der Waals surface area contributed by atoms with E-state index in [9.17, 15) is 9.90 Å². The van der Waals surface area contributed by atoms with E-state index in [1.165, 1.54) is 0 Å². The van der Waals surface area contributed by atoms with Gasteiger partial charge in [-0.2, -0.15) is 0 Å². The van der Waals surface area contributed by atoms with Crippen LogP contribution in [-0.4, -0.2) is 29.2 Å². The van der Waals surface area contributed by atoms with Gasteiger partial charge in [-0.15, -0.1) is 0 Å². The van der Waals surface area contributed by atoms with E-state index in [2.05, 4.69) is 5.32 Å². The number of hydrogen-bond acceptors (Lipinski definition) is 3. The molecule has 4 N–H and O–H groups in total. The van der Waals surface area contributed by atoms with E-state index < -0.39 is 12.1 Å². The Morgan fingerprint density at radius 2 is 1.58 bits per heavy atom. The third-order valence-corrected chi connectivity index (χ3v) is 2.67. The molecule has 0 aliphatic carbocycles. The Morgan fingerprint density at radius 1 is 1.16 bits per heavy atom. The molecule has 3 atom stereocenters. The highest BCUT2D eigenvalue weighted by atomic mass is 16.3. The molecule has 0 radical (unpaired) electrons. The van der Waals surface area contributed by atoms with Gasteiger partial charge in [0.1, 0.15) is 6.10 Å². The Kier molecular flexibility index (Phi) is 19.1. The van der Waals surface area contributed by atoms with Crippen LogP contribution in [0, 0.1) is 5.92 Å². The van der Waals surface area contributed by atoms with E-state index in [-0.39, 0.29) is 11.9 Å². The van der Waals surface area contributed by atoms with Gasteiger partial charge < -0.3 is 16.2 Å². The third kappa shape index (κ3) is 12.2. The fourth-order valence-electron chi connectivity index (χ4n) is 1.16. The number of hydrogen-bond donors (Lipinski definition) is 3. The van der Waals surface area contributed by atoms with Gasteiger partial charge in [0.05, 0.1) is 0 Å². The molecule has 0 saturated heterocycles. The van der Waals surface area contributed by atoms with Gasteiger partial charge in [-0.1, -0.05) is 54.9 Å². The van der Waals surface area contributed by atoms with E-state index in [0.29, 0.717) is 12.3 Å². The standard InChI is InChI=1S/C11H24N2O2.2C2H6/c1-5-6-9(12)10(14)11(15)13-8(4)7(2)3;2*1-2/h7-10,14H,5-6,12H2,1-4H3,(H,13,15);2*1-2H3. The Bertz CT molecular complexity index is 197. The summed E-state index contributed by atoms with van der Waals surface area (Å²) >= 11 is 0. The number of aliphatic hydroxyl groups is 1. The highest BCUT2D eigenvalue weighted by Gasteiger charge is 2.23. The van der Waals surface area contributed by atoms with Gasteiger partial charge in [0.25, 0.3) is 5.91 Å². The molecule has 0 heterocycles. The van der Waals surface area contributed by atoms with E-state index in [4.69, 9.17) is 5.73 Å². The van der Waals surface area contributed by atoms with Crippen LogP contribution in [0.5, 0.6) is 0 Å². The van der Waals surface area contributed by atoms with Crippen molar-refractivity contribution in [1.82, 2.24) is 5.32 Å². The lowest BCUT2D eigenvalue weighted by molar-refractivity contribution is -0.131. The molecular formula is C15H36N2O2. The van der Waals surface area contributed by atoms with Crippen LogP contribution in [-0.2, 0) is 4.79 Å². The van der Waals surface area contributed by atoms with Gasteiger partial charge >= 0.3 is 0 Å². The van der Waals surface area contributed by atoms with Crippen LogP contribution < -0.4 is 11.1 Å². The molecule has 0 aromatic heterocycles. The van der Waals surface area contributed by atoms with Crippen molar-refractivity contribution in [2.75, 3.05) is 0 Å². The minimum atomic E-state index is -1.09. The molecule has 0 aliphatic rings. The second-order valence-corrected chi connectivity index (χ2v) is 4.44. The van der Waals surface area contributed by atoms with Crippen LogP contribution in [0.15, 0.2) is 0 Å². The highest BCUT2D eigenvalue weighted by molar-refractivity contribution is 5.81. The fourth-order valence-corrected chi connectivity index (χ4v) is 1.16. The predicted molar refractivity (Wildman–Crippen MR) is 84.0 cm³/mol. The van der Waals surface area contributed by atoms with Crippen LogP contribution in [0.4, 0.5) is 0 Å². The molecule has 0 fully saturated rings. The maximum absolute atomic E-state index is 11.5. The average Bonchev–Trinajstić information content (AvgIpc) is 2.42. The van der Waals surface area contributed by atoms with Crippen molar-refractivity contribution >= 4 is 5.91 Å². The lowest BCUT2D eigenvalue weighted by Crippen LogP contribution is -2.49. The Hall–Kier alpha value is -0.610. The predicted octanol–water partition coefficient (Wildman–Crippen LogP) is 2.69. The molecule has 0 saturated carbocycles. The summed E-state index contributed by atoms with van der Waals surface area (Å²) in [6, 6.07) is -0.407. The Labute approximate surface area is 120 Å². The lowest BCUT2D eigenvalue weighted by atomic mass is 10.0. The summed E-state index contributed by atoms with van der Waals surface area (Å²) in [5.41, 5.74) is 5.67. The average molecular weight is 276 g/mol. The molecule has 0 aliphatic heterocycles. The van der Waals surface area contributed by atoms with Crippen molar-refractivity contribution in [2.45, 2.75) is 86.4 Å². The summed E-state index contributed by atoms with van der Waals surface area (Å²) < 4.78 is 0. The summed E-state index contributed by atoms with van der Waals surface area (Å²) in [5, 5.41) is 12.4. The van der Waals surface area contributed by atoms with Gasteiger partial charge in [0, 0.05) is 12.1 Å². The molecule has 19 heavy (non-hydrogen) atoms. The second kappa shape index (κ2) is 15.4. The SMILES string of the molecule is CC.CC.CCCC(N)C(O)C(=O)NC(C)C(C)C. The molecule has 118 valence electrons. The Morgan fingerprint density at radius 3 is 1.89 bits per heavy atom. The third-order valence-electron chi connectivity index (χ3n) is 2.67. The summed E-state index contributed by atoms with van der Waals surface area (Å²) in [5.74, 6) is -0.0132. The molecule has 0 bridgehead atoms. The molecule has 0 rings (SSSR count). The fraction of sp³-hybridized carbons (Fsp3) is 0.933. The highest BCUT2D eigenvalue weighted by Crippen LogP contribution is 2.03. The topological polar surface area (TPSA) is 75.3 Å². The number of carbonyl (C=O) groups excluding carboxylic acids is 1. The quantitative estimate of drug-likeness (QED) is 0.698. The summed E-state index contributed by atoms with van der Waals surface area (Å²) in [6.07, 6.45) is 0.432. The molecule has 1 amide bonds. The van der Waals surface area contributed by atoms with Crippen LogP contribution >= 0.6 is 0 Å². The van der Waals surface area contributed by atoms with Crippen LogP contribution in [0.1, 0.15) is 68.2 Å². The van der Waals surface area contributed by atoms with Gasteiger partial charge in [0.15, 0.2) is 0 Å². The molecule has 0 aromatic carbocycles. The minimum Gasteiger partial charge on any atom is -0.382 e. The number of nitrogens with two attached hydrogens (primary N) is 1. The summed E-state index contributed by atoms with van der Waals surface area (Å²) in [7, 11) is 0. The smallest absolute Gasteiger partial charge is 0.250 e. The molecule has 4 nitrogen and oxygen atoms in total.